The van der Waals surface area contributed by atoms with Crippen LogP contribution >= 0.6 is 23.4 Å². The third-order valence-electron chi connectivity index (χ3n) is 4.10. The zero-order chi connectivity index (χ0) is 18.6. The number of aliphatic imine (C=N–C) groups is 1. The lowest BCUT2D eigenvalue weighted by Gasteiger charge is -2.29. The second-order valence-corrected chi connectivity index (χ2v) is 8.12. The Bertz CT molecular complexity index is 829. The zero-order valence-electron chi connectivity index (χ0n) is 14.9. The van der Waals surface area contributed by atoms with Crippen LogP contribution < -0.4 is 0 Å². The maximum atomic E-state index is 12.8. The summed E-state index contributed by atoms with van der Waals surface area (Å²) in [6.45, 7) is 4.71. The number of benzene rings is 2. The van der Waals surface area contributed by atoms with Gasteiger partial charge in [-0.05, 0) is 43.2 Å². The van der Waals surface area contributed by atoms with Gasteiger partial charge in [0.25, 0.3) is 5.91 Å². The van der Waals surface area contributed by atoms with E-state index < -0.39 is 0 Å². The summed E-state index contributed by atoms with van der Waals surface area (Å²) in [5.41, 5.74) is 1.81. The maximum Gasteiger partial charge on any atom is 0.253 e. The summed E-state index contributed by atoms with van der Waals surface area (Å²) in [5, 5.41) is 1.46. The number of carbonyl (C=O) groups is 1. The highest BCUT2D eigenvalue weighted by Crippen LogP contribution is 2.33. The van der Waals surface area contributed by atoms with Crippen LogP contribution in [0.15, 0.2) is 65.7 Å². The molecule has 0 unspecified atom stereocenters. The molecule has 0 radical (unpaired) electrons. The molecular weight excluding hydrogens is 364 g/mol. The highest BCUT2D eigenvalue weighted by atomic mass is 35.5. The highest BCUT2D eigenvalue weighted by molar-refractivity contribution is 8.14. The summed E-state index contributed by atoms with van der Waals surface area (Å²) in [4.78, 5) is 19.3. The van der Waals surface area contributed by atoms with Crippen molar-refractivity contribution in [1.29, 1.82) is 0 Å². The van der Waals surface area contributed by atoms with Crippen LogP contribution in [0.5, 0.6) is 0 Å². The van der Waals surface area contributed by atoms with Crippen LogP contribution in [0, 0.1) is 0 Å². The molecule has 0 bridgehead atoms. The lowest BCUT2D eigenvalue weighted by molar-refractivity contribution is -0.124. The van der Waals surface area contributed by atoms with Gasteiger partial charge in [-0.2, -0.15) is 0 Å². The predicted molar refractivity (Wildman–Crippen MR) is 111 cm³/mol. The van der Waals surface area contributed by atoms with Crippen LogP contribution in [0.25, 0.3) is 6.08 Å². The van der Waals surface area contributed by atoms with E-state index in [1.54, 1.807) is 22.7 Å². The lowest BCUT2D eigenvalue weighted by atomic mass is 10.1. The van der Waals surface area contributed by atoms with E-state index >= 15 is 0 Å². The first-order valence-corrected chi connectivity index (χ1v) is 9.81. The minimum absolute atomic E-state index is 0.0539. The first-order chi connectivity index (χ1) is 12.5. The lowest BCUT2D eigenvalue weighted by Crippen LogP contribution is -2.45. The van der Waals surface area contributed by atoms with Crippen LogP contribution in [-0.4, -0.2) is 27.3 Å². The van der Waals surface area contributed by atoms with Gasteiger partial charge in [0, 0.05) is 16.9 Å². The predicted octanol–water partition coefficient (Wildman–Crippen LogP) is 5.26. The van der Waals surface area contributed by atoms with Gasteiger partial charge in [0.2, 0.25) is 0 Å². The number of thioether (sulfide) groups is 1. The number of amidine groups is 1. The molecule has 1 aliphatic rings. The second kappa shape index (κ2) is 8.11. The van der Waals surface area contributed by atoms with E-state index in [9.17, 15) is 4.79 Å². The molecule has 1 saturated heterocycles. The van der Waals surface area contributed by atoms with Crippen LogP contribution in [-0.2, 0) is 11.3 Å². The molecule has 26 heavy (non-hydrogen) atoms. The molecule has 134 valence electrons. The third kappa shape index (κ3) is 4.57. The van der Waals surface area contributed by atoms with Crippen molar-refractivity contribution < 1.29 is 4.79 Å². The molecule has 0 atom stereocenters. The van der Waals surface area contributed by atoms with Gasteiger partial charge in [-0.3, -0.25) is 14.7 Å². The van der Waals surface area contributed by atoms with Gasteiger partial charge in [0.1, 0.15) is 0 Å². The number of carbonyl (C=O) groups excluding carboxylic acids is 1. The molecule has 0 aliphatic carbocycles. The summed E-state index contributed by atoms with van der Waals surface area (Å²) in [5.74, 6) is 0.781. The molecule has 0 saturated carbocycles. The van der Waals surface area contributed by atoms with Crippen molar-refractivity contribution in [3.8, 4) is 0 Å². The molecule has 3 nitrogen and oxygen atoms in total. The molecule has 1 heterocycles. The van der Waals surface area contributed by atoms with Crippen molar-refractivity contribution in [2.75, 3.05) is 5.75 Å². The van der Waals surface area contributed by atoms with Gasteiger partial charge < -0.3 is 0 Å². The molecule has 2 aromatic rings. The summed E-state index contributed by atoms with van der Waals surface area (Å²) in [7, 11) is 0. The largest absolute Gasteiger partial charge is 0.281 e. The van der Waals surface area contributed by atoms with Gasteiger partial charge in [0.05, 0.1) is 12.1 Å². The Labute approximate surface area is 163 Å². The Morgan fingerprint density at radius 2 is 1.88 bits per heavy atom. The molecule has 2 aromatic carbocycles. The van der Waals surface area contributed by atoms with Crippen LogP contribution in [0.1, 0.15) is 25.0 Å². The number of halogens is 1. The molecule has 1 fully saturated rings. The Kier molecular flexibility index (Phi) is 5.84. The summed E-state index contributed by atoms with van der Waals surface area (Å²) < 4.78 is 0. The second-order valence-electron chi connectivity index (χ2n) is 6.74. The summed E-state index contributed by atoms with van der Waals surface area (Å²) in [6.07, 6.45) is 3.42. The van der Waals surface area contributed by atoms with E-state index in [0.717, 1.165) is 22.0 Å². The highest BCUT2D eigenvalue weighted by Gasteiger charge is 2.40. The fourth-order valence-corrected chi connectivity index (χ4v) is 4.06. The molecule has 1 aliphatic heterocycles. The van der Waals surface area contributed by atoms with Crippen molar-refractivity contribution >= 4 is 40.5 Å². The summed E-state index contributed by atoms with van der Waals surface area (Å²) in [6, 6.07) is 17.5. The minimum atomic E-state index is -0.262. The normalized spacial score (nSPS) is 18.0. The topological polar surface area (TPSA) is 32.7 Å². The molecule has 0 aromatic heterocycles. The number of rotatable bonds is 4. The monoisotopic (exact) mass is 384 g/mol. The van der Waals surface area contributed by atoms with E-state index in [0.29, 0.717) is 11.6 Å². The van der Waals surface area contributed by atoms with E-state index in [4.69, 9.17) is 16.6 Å². The molecule has 5 heteroatoms. The average Bonchev–Trinajstić information content (AvgIpc) is 2.94. The Hall–Kier alpha value is -2.04. The Morgan fingerprint density at radius 1 is 1.19 bits per heavy atom. The molecule has 0 N–H and O–H groups in total. The molecule has 1 amide bonds. The fourth-order valence-electron chi connectivity index (χ4n) is 2.70. The van der Waals surface area contributed by atoms with Crippen molar-refractivity contribution in [3.63, 3.8) is 0 Å². The third-order valence-corrected chi connectivity index (χ3v) is 5.77. The number of nitrogens with zero attached hydrogens (tertiary/aromatic N) is 2. The van der Waals surface area contributed by atoms with Gasteiger partial charge in [-0.25, -0.2) is 0 Å². The molecular formula is C21H21ClN2OS. The number of amides is 1. The van der Waals surface area contributed by atoms with Gasteiger partial charge >= 0.3 is 0 Å². The van der Waals surface area contributed by atoms with E-state index in [1.807, 2.05) is 60.7 Å². The van der Waals surface area contributed by atoms with Crippen LogP contribution in [0.2, 0.25) is 5.02 Å². The number of hydrogen-bond acceptors (Lipinski definition) is 3. The van der Waals surface area contributed by atoms with Crippen molar-refractivity contribution in [1.82, 2.24) is 4.90 Å². The van der Waals surface area contributed by atoms with Crippen molar-refractivity contribution in [2.24, 2.45) is 4.99 Å². The van der Waals surface area contributed by atoms with Gasteiger partial charge in [0.15, 0.2) is 5.17 Å². The van der Waals surface area contributed by atoms with Gasteiger partial charge in [-0.15, -0.1) is 0 Å². The zero-order valence-corrected chi connectivity index (χ0v) is 16.4. The van der Waals surface area contributed by atoms with E-state index in [2.05, 4.69) is 13.8 Å². The first kappa shape index (κ1) is 18.7. The standard InChI is InChI=1S/C21H21ClN2OS/c1-21(2)15-26-20(23-14-17-6-4-3-5-7-17)24(21)19(25)13-10-16-8-11-18(22)12-9-16/h3-13H,14-15H2,1-2H3/b13-10+,23-20?. The Balaban J connectivity index is 1.77. The number of hydrogen-bond donors (Lipinski definition) is 0. The molecule has 3 rings (SSSR count). The van der Waals surface area contributed by atoms with E-state index in [-0.39, 0.29) is 11.4 Å². The maximum absolute atomic E-state index is 12.8. The van der Waals surface area contributed by atoms with Gasteiger partial charge in [-0.1, -0.05) is 65.8 Å². The van der Waals surface area contributed by atoms with Crippen LogP contribution in [0.4, 0.5) is 0 Å². The Morgan fingerprint density at radius 3 is 2.58 bits per heavy atom. The van der Waals surface area contributed by atoms with Crippen molar-refractivity contribution in [2.45, 2.75) is 25.9 Å². The summed E-state index contributed by atoms with van der Waals surface area (Å²) >= 11 is 7.53. The van der Waals surface area contributed by atoms with Crippen LogP contribution in [0.3, 0.4) is 0 Å². The molecule has 0 spiro atoms. The minimum Gasteiger partial charge on any atom is -0.281 e. The first-order valence-electron chi connectivity index (χ1n) is 8.45. The average molecular weight is 385 g/mol. The fraction of sp³-hybridized carbons (Fsp3) is 0.238. The van der Waals surface area contributed by atoms with Crippen molar-refractivity contribution in [3.05, 3.63) is 76.8 Å². The SMILES string of the molecule is CC1(C)CSC(=NCc2ccccc2)N1C(=O)/C=C/c1ccc(Cl)cc1. The smallest absolute Gasteiger partial charge is 0.253 e. The van der Waals surface area contributed by atoms with E-state index in [1.165, 1.54) is 0 Å². The quantitative estimate of drug-likeness (QED) is 0.673.